The summed E-state index contributed by atoms with van der Waals surface area (Å²) in [5.41, 5.74) is 0.403. The molecule has 0 radical (unpaired) electrons. The first kappa shape index (κ1) is 21.2. The molecular weight excluding hydrogens is 314 g/mol. The number of carbonyl (C=O) groups is 3. The molecule has 1 N–H and O–H groups in total. The minimum absolute atomic E-state index is 0. The number of amides is 1. The van der Waals surface area contributed by atoms with Gasteiger partial charge in [0, 0.05) is 0 Å². The van der Waals surface area contributed by atoms with E-state index in [1.165, 1.54) is 13.0 Å². The fourth-order valence-electron chi connectivity index (χ4n) is 2.09. The molecule has 0 saturated carbocycles. The van der Waals surface area contributed by atoms with Gasteiger partial charge in [-0.15, -0.1) is 0 Å². The molecule has 0 aliphatic carbocycles. The molecule has 0 saturated heterocycles. The smallest absolute Gasteiger partial charge is 0.339 e. The average Bonchev–Trinajstić information content (AvgIpc) is 2.43. The summed E-state index contributed by atoms with van der Waals surface area (Å²) in [7, 11) is 0. The monoisotopic (exact) mass is 339 g/mol. The van der Waals surface area contributed by atoms with Gasteiger partial charge in [0.1, 0.15) is 0 Å². The number of ether oxygens (including phenoxy) is 1. The molecule has 1 unspecified atom stereocenters. The summed E-state index contributed by atoms with van der Waals surface area (Å²) in [6, 6.07) is 5.83. The van der Waals surface area contributed by atoms with Crippen molar-refractivity contribution in [1.82, 2.24) is 5.32 Å². The minimum Gasteiger partial charge on any atom is -0.459 e. The van der Waals surface area contributed by atoms with Crippen molar-refractivity contribution in [3.05, 3.63) is 35.4 Å². The number of carbonyl (C=O) groups excluding carboxylic acids is 3. The number of hydrogen-bond acceptors (Lipinski definition) is 4. The predicted molar refractivity (Wildman–Crippen MR) is 94.1 cm³/mol. The summed E-state index contributed by atoms with van der Waals surface area (Å²) in [6.45, 7) is 8.62. The summed E-state index contributed by atoms with van der Waals surface area (Å²) < 4.78 is 5.14. The molecule has 128 valence electrons. The Morgan fingerprint density at radius 2 is 1.52 bits per heavy atom. The van der Waals surface area contributed by atoms with E-state index in [4.69, 9.17) is 4.74 Å². The van der Waals surface area contributed by atoms with E-state index in [2.05, 4.69) is 5.32 Å². The highest BCUT2D eigenvalue weighted by molar-refractivity contribution is 7.59. The summed E-state index contributed by atoms with van der Waals surface area (Å²) in [6.07, 6.45) is -0.274. The number of rotatable bonds is 6. The lowest BCUT2D eigenvalue weighted by Gasteiger charge is -2.20. The number of hydrogen-bond donors (Lipinski definition) is 1. The third-order valence-corrected chi connectivity index (χ3v) is 3.13. The molecule has 1 atom stereocenters. The van der Waals surface area contributed by atoms with Crippen LogP contribution in [0, 0.1) is 5.92 Å². The van der Waals surface area contributed by atoms with Gasteiger partial charge in [-0.1, -0.05) is 26.0 Å². The summed E-state index contributed by atoms with van der Waals surface area (Å²) >= 11 is 0. The van der Waals surface area contributed by atoms with Crippen LogP contribution in [0.25, 0.3) is 0 Å². The lowest BCUT2D eigenvalue weighted by molar-refractivity contribution is -0.119. The third kappa shape index (κ3) is 6.06. The highest BCUT2D eigenvalue weighted by Gasteiger charge is 2.24. The van der Waals surface area contributed by atoms with Gasteiger partial charge in [-0.3, -0.25) is 9.59 Å². The van der Waals surface area contributed by atoms with Crippen LogP contribution in [0.1, 0.15) is 55.3 Å². The van der Waals surface area contributed by atoms with Crippen LogP contribution in [0.3, 0.4) is 0 Å². The Hall–Kier alpha value is -1.82. The number of nitrogens with one attached hydrogen (secondary N) is 1. The Labute approximate surface area is 144 Å². The molecule has 1 aromatic rings. The van der Waals surface area contributed by atoms with Crippen molar-refractivity contribution in [3.63, 3.8) is 0 Å². The van der Waals surface area contributed by atoms with Gasteiger partial charge in [0.25, 0.3) is 5.91 Å². The molecule has 0 aromatic heterocycles. The van der Waals surface area contributed by atoms with E-state index in [9.17, 15) is 14.4 Å². The number of ketones is 1. The van der Waals surface area contributed by atoms with Gasteiger partial charge < -0.3 is 10.1 Å². The lowest BCUT2D eigenvalue weighted by atomic mass is 9.99. The molecule has 1 rings (SSSR count). The van der Waals surface area contributed by atoms with Crippen molar-refractivity contribution in [3.8, 4) is 0 Å². The van der Waals surface area contributed by atoms with Crippen LogP contribution in [-0.2, 0) is 9.53 Å². The summed E-state index contributed by atoms with van der Waals surface area (Å²) in [5.74, 6) is -1.16. The van der Waals surface area contributed by atoms with Crippen molar-refractivity contribution in [2.24, 2.45) is 5.92 Å². The van der Waals surface area contributed by atoms with Crippen molar-refractivity contribution in [2.45, 2.75) is 46.8 Å². The largest absolute Gasteiger partial charge is 0.459 e. The maximum atomic E-state index is 12.4. The molecule has 1 amide bonds. The van der Waals surface area contributed by atoms with Crippen molar-refractivity contribution in [2.75, 3.05) is 0 Å². The van der Waals surface area contributed by atoms with Gasteiger partial charge in [-0.25, -0.2) is 4.79 Å². The Morgan fingerprint density at radius 3 is 1.96 bits per heavy atom. The maximum absolute atomic E-state index is 12.4. The van der Waals surface area contributed by atoms with E-state index in [0.717, 1.165) is 0 Å². The highest BCUT2D eigenvalue weighted by Crippen LogP contribution is 2.13. The maximum Gasteiger partial charge on any atom is 0.339 e. The Kier molecular flexibility index (Phi) is 8.61. The van der Waals surface area contributed by atoms with Crippen LogP contribution in [0.4, 0.5) is 0 Å². The average molecular weight is 339 g/mol. The molecule has 0 aliphatic heterocycles. The first-order valence-corrected chi connectivity index (χ1v) is 7.35. The molecule has 0 spiro atoms. The zero-order valence-corrected chi connectivity index (χ0v) is 15.2. The zero-order chi connectivity index (χ0) is 16.9. The molecule has 0 bridgehead atoms. The standard InChI is InChI=1S/C17H23NO4.H2S/c1-10(2)15(12(5)19)18-16(20)13-8-6-7-9-14(13)17(21)22-11(3)4;/h6-11,15H,1-5H3,(H,18,20);1H2. The van der Waals surface area contributed by atoms with Crippen molar-refractivity contribution in [1.29, 1.82) is 0 Å². The fourth-order valence-corrected chi connectivity index (χ4v) is 2.09. The quantitative estimate of drug-likeness (QED) is 0.809. The van der Waals surface area contributed by atoms with Crippen LogP contribution in [0.2, 0.25) is 0 Å². The third-order valence-electron chi connectivity index (χ3n) is 3.13. The van der Waals surface area contributed by atoms with Crippen LogP contribution < -0.4 is 5.32 Å². The predicted octanol–water partition coefficient (Wildman–Crippen LogP) is 2.71. The van der Waals surface area contributed by atoms with E-state index in [1.807, 2.05) is 13.8 Å². The van der Waals surface area contributed by atoms with Gasteiger partial charge in [-0.2, -0.15) is 13.5 Å². The zero-order valence-electron chi connectivity index (χ0n) is 14.2. The van der Waals surface area contributed by atoms with Crippen LogP contribution in [0.5, 0.6) is 0 Å². The molecular formula is C17H25NO4S. The summed E-state index contributed by atoms with van der Waals surface area (Å²) in [5, 5.41) is 2.68. The van der Waals surface area contributed by atoms with Gasteiger partial charge in [0.15, 0.2) is 5.78 Å². The Bertz CT molecular complexity index is 569. The van der Waals surface area contributed by atoms with E-state index in [-0.39, 0.29) is 42.4 Å². The van der Waals surface area contributed by atoms with Crippen LogP contribution in [0.15, 0.2) is 24.3 Å². The van der Waals surface area contributed by atoms with Gasteiger partial charge >= 0.3 is 5.97 Å². The van der Waals surface area contributed by atoms with Crippen LogP contribution in [-0.4, -0.2) is 29.8 Å². The van der Waals surface area contributed by atoms with Crippen LogP contribution >= 0.6 is 13.5 Å². The van der Waals surface area contributed by atoms with E-state index >= 15 is 0 Å². The summed E-state index contributed by atoms with van der Waals surface area (Å²) in [4.78, 5) is 36.1. The van der Waals surface area contributed by atoms with Gasteiger partial charge in [0.05, 0.1) is 23.3 Å². The van der Waals surface area contributed by atoms with Gasteiger partial charge in [-0.05, 0) is 38.8 Å². The number of benzene rings is 1. The first-order valence-electron chi connectivity index (χ1n) is 7.35. The molecule has 5 nitrogen and oxygen atoms in total. The molecule has 0 fully saturated rings. The van der Waals surface area contributed by atoms with Crippen molar-refractivity contribution < 1.29 is 19.1 Å². The highest BCUT2D eigenvalue weighted by atomic mass is 32.1. The van der Waals surface area contributed by atoms with E-state index in [1.54, 1.807) is 32.0 Å². The minimum atomic E-state index is -0.582. The fraction of sp³-hybridized carbons (Fsp3) is 0.471. The second kappa shape index (κ2) is 9.35. The Balaban J connectivity index is 0.00000484. The van der Waals surface area contributed by atoms with Gasteiger partial charge in [0.2, 0.25) is 0 Å². The van der Waals surface area contributed by atoms with E-state index < -0.39 is 17.9 Å². The second-order valence-corrected chi connectivity index (χ2v) is 5.81. The molecule has 23 heavy (non-hydrogen) atoms. The molecule has 0 heterocycles. The lowest BCUT2D eigenvalue weighted by Crippen LogP contribution is -2.43. The number of Topliss-reactive ketones (excluding diaryl/α,β-unsaturated/α-hetero) is 1. The molecule has 6 heteroatoms. The molecule has 1 aromatic carbocycles. The second-order valence-electron chi connectivity index (χ2n) is 5.81. The SMILES string of the molecule is CC(=O)C(NC(=O)c1ccccc1C(=O)OC(C)C)C(C)C.S. The van der Waals surface area contributed by atoms with Crippen molar-refractivity contribution >= 4 is 31.2 Å². The first-order chi connectivity index (χ1) is 10.2. The van der Waals surface area contributed by atoms with E-state index in [0.29, 0.717) is 0 Å². The normalized spacial score (nSPS) is 11.6. The topological polar surface area (TPSA) is 72.5 Å². The number of esters is 1. The molecule has 0 aliphatic rings. The Morgan fingerprint density at radius 1 is 1.00 bits per heavy atom.